The third-order valence-corrected chi connectivity index (χ3v) is 5.05. The molecule has 1 N–H and O–H groups in total. The van der Waals surface area contributed by atoms with Crippen LogP contribution < -0.4 is 4.72 Å². The molecular weight excluding hydrogens is 403 g/mol. The van der Waals surface area contributed by atoms with Crippen molar-refractivity contribution in [1.82, 2.24) is 4.72 Å². The van der Waals surface area contributed by atoms with Gasteiger partial charge in [0.15, 0.2) is 0 Å². The van der Waals surface area contributed by atoms with E-state index in [1.165, 1.54) is 0 Å². The first kappa shape index (κ1) is 19.9. The van der Waals surface area contributed by atoms with Crippen LogP contribution in [-0.4, -0.2) is 28.0 Å². The first-order valence-electron chi connectivity index (χ1n) is 6.53. The van der Waals surface area contributed by atoms with Crippen LogP contribution in [0.1, 0.15) is 35.7 Å². The molecule has 1 aromatic carbocycles. The van der Waals surface area contributed by atoms with Gasteiger partial charge in [0, 0.05) is 11.0 Å². The summed E-state index contributed by atoms with van der Waals surface area (Å²) in [6.07, 6.45) is -3.75. The number of carbonyl (C=O) groups excluding carboxylic acids is 1. The average Bonchev–Trinajstić information content (AvgIpc) is 2.45. The molecule has 0 aliphatic heterocycles. The number of unbranched alkanes of at least 4 members (excludes halogenated alkanes) is 1. The number of carbonyl (C=O) groups is 1. The average molecular weight is 418 g/mol. The Morgan fingerprint density at radius 3 is 2.43 bits per heavy atom. The van der Waals surface area contributed by atoms with Crippen molar-refractivity contribution in [3.05, 3.63) is 27.7 Å². The van der Waals surface area contributed by atoms with Gasteiger partial charge in [-0.2, -0.15) is 13.2 Å². The molecule has 0 unspecified atom stereocenters. The Morgan fingerprint density at radius 1 is 1.35 bits per heavy atom. The molecule has 0 amide bonds. The molecule has 1 rings (SSSR count). The molecule has 5 nitrogen and oxygen atoms in total. The van der Waals surface area contributed by atoms with E-state index >= 15 is 0 Å². The molecule has 0 radical (unpaired) electrons. The summed E-state index contributed by atoms with van der Waals surface area (Å²) < 4.78 is 70.1. The summed E-state index contributed by atoms with van der Waals surface area (Å²) in [7, 11) is -3.38. The van der Waals surface area contributed by atoms with Crippen LogP contribution in [-0.2, 0) is 20.9 Å². The fraction of sp³-hybridized carbons (Fsp3) is 0.462. The van der Waals surface area contributed by atoms with E-state index in [-0.39, 0.29) is 16.6 Å². The zero-order valence-electron chi connectivity index (χ0n) is 12.3. The van der Waals surface area contributed by atoms with Crippen molar-refractivity contribution in [2.45, 2.75) is 30.8 Å². The standard InChI is InChI=1S/C13H15BrF3NO4S/c1-3-4-5-18-23(20,21)11-6-8(12(19)22-2)10(14)7-9(11)13(15,16)17/h6-7,18H,3-5H2,1-2H3. The highest BCUT2D eigenvalue weighted by Crippen LogP contribution is 2.37. The van der Waals surface area contributed by atoms with Crippen LogP contribution in [0.15, 0.2) is 21.5 Å². The third-order valence-electron chi connectivity index (χ3n) is 2.89. The second-order valence-corrected chi connectivity index (χ2v) is 7.16. The third kappa shape index (κ3) is 4.92. The van der Waals surface area contributed by atoms with Crippen molar-refractivity contribution in [2.75, 3.05) is 13.7 Å². The van der Waals surface area contributed by atoms with Crippen molar-refractivity contribution < 1.29 is 31.1 Å². The molecule has 1 aromatic rings. The van der Waals surface area contributed by atoms with Gasteiger partial charge in [0.05, 0.1) is 23.1 Å². The summed E-state index contributed by atoms with van der Waals surface area (Å²) in [5.74, 6) is -0.949. The van der Waals surface area contributed by atoms with E-state index in [0.29, 0.717) is 25.0 Å². The summed E-state index contributed by atoms with van der Waals surface area (Å²) >= 11 is 2.83. The molecule has 0 aliphatic rings. The lowest BCUT2D eigenvalue weighted by Gasteiger charge is -2.16. The van der Waals surface area contributed by atoms with Gasteiger partial charge < -0.3 is 4.74 Å². The predicted octanol–water partition coefficient (Wildman–Crippen LogP) is 3.33. The first-order chi connectivity index (χ1) is 10.5. The topological polar surface area (TPSA) is 72.5 Å². The summed E-state index contributed by atoms with van der Waals surface area (Å²) in [6, 6.07) is 1.22. The number of benzene rings is 1. The number of ether oxygens (including phenoxy) is 1. The number of hydrogen-bond donors (Lipinski definition) is 1. The lowest BCUT2D eigenvalue weighted by molar-refractivity contribution is -0.140. The molecule has 0 saturated carbocycles. The fourth-order valence-corrected chi connectivity index (χ4v) is 3.54. The Bertz CT molecular complexity index is 689. The van der Waals surface area contributed by atoms with E-state index in [1.54, 1.807) is 0 Å². The SMILES string of the molecule is CCCCNS(=O)(=O)c1cc(C(=O)OC)c(Br)cc1C(F)(F)F. The van der Waals surface area contributed by atoms with Crippen LogP contribution >= 0.6 is 15.9 Å². The van der Waals surface area contributed by atoms with Gasteiger partial charge in [-0.25, -0.2) is 17.9 Å². The van der Waals surface area contributed by atoms with E-state index in [0.717, 1.165) is 7.11 Å². The number of methoxy groups -OCH3 is 1. The molecule has 0 fully saturated rings. The van der Waals surface area contributed by atoms with Gasteiger partial charge in [-0.05, 0) is 34.5 Å². The fourth-order valence-electron chi connectivity index (χ4n) is 1.72. The van der Waals surface area contributed by atoms with E-state index in [9.17, 15) is 26.4 Å². The number of nitrogens with one attached hydrogen (secondary N) is 1. The van der Waals surface area contributed by atoms with Crippen LogP contribution in [0.4, 0.5) is 13.2 Å². The van der Waals surface area contributed by atoms with Gasteiger partial charge in [0.1, 0.15) is 0 Å². The molecule has 0 bridgehead atoms. The number of esters is 1. The summed E-state index contributed by atoms with van der Waals surface area (Å²) in [5.41, 5.74) is -1.67. The Hall–Kier alpha value is -1.13. The second kappa shape index (κ2) is 7.63. The van der Waals surface area contributed by atoms with Crippen LogP contribution in [0.5, 0.6) is 0 Å². The van der Waals surface area contributed by atoms with Crippen LogP contribution in [0.25, 0.3) is 0 Å². The van der Waals surface area contributed by atoms with Gasteiger partial charge in [-0.15, -0.1) is 0 Å². The van der Waals surface area contributed by atoms with E-state index < -0.39 is 32.6 Å². The second-order valence-electron chi connectivity index (χ2n) is 4.57. The van der Waals surface area contributed by atoms with Gasteiger partial charge in [-0.1, -0.05) is 13.3 Å². The van der Waals surface area contributed by atoms with Gasteiger partial charge in [0.2, 0.25) is 10.0 Å². The Balaban J connectivity index is 3.50. The highest BCUT2D eigenvalue weighted by Gasteiger charge is 2.38. The maximum atomic E-state index is 13.1. The summed E-state index contributed by atoms with van der Waals surface area (Å²) in [6.45, 7) is 1.81. The molecule has 23 heavy (non-hydrogen) atoms. The van der Waals surface area contributed by atoms with E-state index in [1.807, 2.05) is 6.92 Å². The highest BCUT2D eigenvalue weighted by molar-refractivity contribution is 9.10. The van der Waals surface area contributed by atoms with Crippen LogP contribution in [0, 0.1) is 0 Å². The Labute approximate surface area is 140 Å². The maximum absolute atomic E-state index is 13.1. The Kier molecular flexibility index (Phi) is 6.60. The number of rotatable bonds is 6. The molecule has 0 saturated heterocycles. The van der Waals surface area contributed by atoms with Crippen molar-refractivity contribution in [2.24, 2.45) is 0 Å². The quantitative estimate of drug-likeness (QED) is 0.568. The van der Waals surface area contributed by atoms with E-state index in [2.05, 4.69) is 25.4 Å². The molecule has 0 aliphatic carbocycles. The summed E-state index contributed by atoms with van der Waals surface area (Å²) in [4.78, 5) is 10.6. The zero-order chi connectivity index (χ0) is 17.8. The molecule has 0 atom stereocenters. The van der Waals surface area contributed by atoms with Gasteiger partial charge in [0.25, 0.3) is 0 Å². The highest BCUT2D eigenvalue weighted by atomic mass is 79.9. The number of halogens is 4. The molecule has 0 heterocycles. The van der Waals surface area contributed by atoms with Crippen molar-refractivity contribution in [3.63, 3.8) is 0 Å². The molecular formula is C13H15BrF3NO4S. The van der Waals surface area contributed by atoms with E-state index in [4.69, 9.17) is 0 Å². The van der Waals surface area contributed by atoms with Crippen molar-refractivity contribution in [1.29, 1.82) is 0 Å². The lowest BCUT2D eigenvalue weighted by Crippen LogP contribution is -2.27. The largest absolute Gasteiger partial charge is 0.465 e. The lowest BCUT2D eigenvalue weighted by atomic mass is 10.1. The molecule has 130 valence electrons. The van der Waals surface area contributed by atoms with Crippen molar-refractivity contribution in [3.8, 4) is 0 Å². The predicted molar refractivity (Wildman–Crippen MR) is 80.6 cm³/mol. The minimum absolute atomic E-state index is 0.000246. The van der Waals surface area contributed by atoms with Gasteiger partial charge in [-0.3, -0.25) is 0 Å². The van der Waals surface area contributed by atoms with Gasteiger partial charge >= 0.3 is 12.1 Å². The van der Waals surface area contributed by atoms with Crippen LogP contribution in [0.3, 0.4) is 0 Å². The summed E-state index contributed by atoms with van der Waals surface area (Å²) in [5, 5.41) is 0. The zero-order valence-corrected chi connectivity index (χ0v) is 14.7. The number of hydrogen-bond acceptors (Lipinski definition) is 4. The minimum Gasteiger partial charge on any atom is -0.465 e. The van der Waals surface area contributed by atoms with Crippen molar-refractivity contribution >= 4 is 31.9 Å². The normalized spacial score (nSPS) is 12.3. The number of sulfonamides is 1. The maximum Gasteiger partial charge on any atom is 0.417 e. The molecule has 10 heteroatoms. The molecule has 0 spiro atoms. The number of alkyl halides is 3. The Morgan fingerprint density at radius 2 is 1.96 bits per heavy atom. The minimum atomic E-state index is -4.90. The first-order valence-corrected chi connectivity index (χ1v) is 8.81. The molecule has 0 aromatic heterocycles. The smallest absolute Gasteiger partial charge is 0.417 e. The monoisotopic (exact) mass is 417 g/mol. The van der Waals surface area contributed by atoms with Crippen LogP contribution in [0.2, 0.25) is 0 Å².